The smallest absolute Gasteiger partial charge is 0.235 e. The van der Waals surface area contributed by atoms with E-state index in [4.69, 9.17) is 0 Å². The van der Waals surface area contributed by atoms with Crippen LogP contribution in [0.3, 0.4) is 0 Å². The topological polar surface area (TPSA) is 50.3 Å². The Morgan fingerprint density at radius 2 is 1.77 bits per heavy atom. The summed E-state index contributed by atoms with van der Waals surface area (Å²) >= 11 is 0. The summed E-state index contributed by atoms with van der Waals surface area (Å²) in [5.74, 6) is -0.890. The van der Waals surface area contributed by atoms with E-state index in [1.807, 2.05) is 24.3 Å². The average molecular weight is 292 g/mol. The highest BCUT2D eigenvalue weighted by Gasteiger charge is 2.30. The molecule has 0 bridgehead atoms. The quantitative estimate of drug-likeness (QED) is 0.758. The van der Waals surface area contributed by atoms with Crippen molar-refractivity contribution >= 4 is 28.2 Å². The molecule has 0 radical (unpaired) electrons. The van der Waals surface area contributed by atoms with Crippen LogP contribution in [0.5, 0.6) is 0 Å². The van der Waals surface area contributed by atoms with Crippen molar-refractivity contribution in [2.45, 2.75) is 19.3 Å². The number of carbonyl (C=O) groups is 2. The predicted octanol–water partition coefficient (Wildman–Crippen LogP) is 2.83. The van der Waals surface area contributed by atoms with E-state index < -0.39 is 11.6 Å². The second kappa shape index (κ2) is 5.05. The molecule has 1 fully saturated rings. The van der Waals surface area contributed by atoms with Crippen LogP contribution >= 0.6 is 0 Å². The monoisotopic (exact) mass is 292 g/mol. The molecule has 1 saturated heterocycles. The highest BCUT2D eigenvalue weighted by Crippen LogP contribution is 2.30. The Morgan fingerprint density at radius 1 is 1.00 bits per heavy atom. The molecular formula is C18H16N2O2. The van der Waals surface area contributed by atoms with Crippen molar-refractivity contribution in [1.82, 2.24) is 9.88 Å². The molecule has 1 aromatic carbocycles. The first-order valence-corrected chi connectivity index (χ1v) is 7.69. The zero-order valence-corrected chi connectivity index (χ0v) is 12.2. The van der Waals surface area contributed by atoms with Crippen molar-refractivity contribution in [3.05, 3.63) is 47.7 Å². The lowest BCUT2D eigenvalue weighted by Crippen LogP contribution is -2.32. The van der Waals surface area contributed by atoms with E-state index in [9.17, 15) is 9.59 Å². The van der Waals surface area contributed by atoms with Gasteiger partial charge in [-0.3, -0.25) is 9.59 Å². The van der Waals surface area contributed by atoms with Gasteiger partial charge in [-0.25, -0.2) is 4.98 Å². The number of hydrogen-bond acceptors (Lipinski definition) is 4. The molecular weight excluding hydrogens is 276 g/mol. The van der Waals surface area contributed by atoms with Gasteiger partial charge in [0.2, 0.25) is 11.6 Å². The van der Waals surface area contributed by atoms with Gasteiger partial charge in [0.25, 0.3) is 0 Å². The second-order valence-corrected chi connectivity index (χ2v) is 5.85. The molecule has 1 aromatic heterocycles. The van der Waals surface area contributed by atoms with E-state index in [-0.39, 0.29) is 0 Å². The van der Waals surface area contributed by atoms with Crippen LogP contribution in [0, 0.1) is 0 Å². The van der Waals surface area contributed by atoms with Crippen LogP contribution in [-0.4, -0.2) is 34.5 Å². The zero-order chi connectivity index (χ0) is 15.1. The molecule has 1 aliphatic heterocycles. The fourth-order valence-corrected chi connectivity index (χ4v) is 3.25. The SMILES string of the molecule is O=C1C=C(N2CCCCC2)c2nc3ccccc3cc2C1=O. The number of hydrogen-bond donors (Lipinski definition) is 0. The summed E-state index contributed by atoms with van der Waals surface area (Å²) in [7, 11) is 0. The van der Waals surface area contributed by atoms with E-state index >= 15 is 0 Å². The summed E-state index contributed by atoms with van der Waals surface area (Å²) in [6.45, 7) is 1.84. The first-order valence-electron chi connectivity index (χ1n) is 7.69. The number of fused-ring (bicyclic) bond motifs is 2. The van der Waals surface area contributed by atoms with Crippen molar-refractivity contribution in [1.29, 1.82) is 0 Å². The molecule has 1 aliphatic carbocycles. The fraction of sp³-hybridized carbons (Fsp3) is 0.278. The maximum Gasteiger partial charge on any atom is 0.235 e. The molecule has 2 aromatic rings. The van der Waals surface area contributed by atoms with E-state index in [0.717, 1.165) is 42.5 Å². The van der Waals surface area contributed by atoms with Gasteiger partial charge in [0.15, 0.2) is 0 Å². The lowest BCUT2D eigenvalue weighted by molar-refractivity contribution is -0.111. The van der Waals surface area contributed by atoms with Gasteiger partial charge in [-0.1, -0.05) is 18.2 Å². The molecule has 2 heterocycles. The zero-order valence-electron chi connectivity index (χ0n) is 12.2. The van der Waals surface area contributed by atoms with Crippen molar-refractivity contribution in [3.63, 3.8) is 0 Å². The van der Waals surface area contributed by atoms with Crippen LogP contribution in [0.15, 0.2) is 36.4 Å². The van der Waals surface area contributed by atoms with Crippen LogP contribution in [0.4, 0.5) is 0 Å². The van der Waals surface area contributed by atoms with Gasteiger partial charge in [0.1, 0.15) is 0 Å². The van der Waals surface area contributed by atoms with E-state index in [1.165, 1.54) is 12.5 Å². The summed E-state index contributed by atoms with van der Waals surface area (Å²) < 4.78 is 0. The first-order chi connectivity index (χ1) is 10.7. The number of benzene rings is 1. The number of aromatic nitrogens is 1. The minimum atomic E-state index is -0.450. The standard InChI is InChI=1S/C18H16N2O2/c21-16-11-15(20-8-4-1-5-9-20)17-13(18(16)22)10-12-6-2-3-7-14(12)19-17/h2-3,6-7,10-11H,1,4-5,8-9H2. The van der Waals surface area contributed by atoms with Crippen molar-refractivity contribution in [2.75, 3.05) is 13.1 Å². The molecule has 0 atom stereocenters. The molecule has 0 amide bonds. The molecule has 0 N–H and O–H groups in total. The molecule has 0 unspecified atom stereocenters. The number of rotatable bonds is 1. The van der Waals surface area contributed by atoms with E-state index in [2.05, 4.69) is 9.88 Å². The van der Waals surface area contributed by atoms with Crippen LogP contribution in [0.25, 0.3) is 16.6 Å². The second-order valence-electron chi connectivity index (χ2n) is 5.85. The first kappa shape index (κ1) is 13.2. The number of allylic oxidation sites excluding steroid dienone is 1. The van der Waals surface area contributed by atoms with Gasteiger partial charge in [0.05, 0.1) is 22.5 Å². The van der Waals surface area contributed by atoms with Crippen LogP contribution < -0.4 is 0 Å². The fourth-order valence-electron chi connectivity index (χ4n) is 3.25. The highest BCUT2D eigenvalue weighted by molar-refractivity contribution is 6.50. The van der Waals surface area contributed by atoms with Crippen molar-refractivity contribution < 1.29 is 9.59 Å². The summed E-state index contributed by atoms with van der Waals surface area (Å²) in [4.78, 5) is 31.2. The number of para-hydroxylation sites is 1. The number of carbonyl (C=O) groups excluding carboxylic acids is 2. The maximum absolute atomic E-state index is 12.2. The number of likely N-dealkylation sites (tertiary alicyclic amines) is 1. The molecule has 0 saturated carbocycles. The van der Waals surface area contributed by atoms with E-state index in [1.54, 1.807) is 6.07 Å². The van der Waals surface area contributed by atoms with Crippen LogP contribution in [0.1, 0.15) is 35.3 Å². The summed E-state index contributed by atoms with van der Waals surface area (Å²) in [6, 6.07) is 9.49. The summed E-state index contributed by atoms with van der Waals surface area (Å²) in [5, 5.41) is 0.891. The highest BCUT2D eigenvalue weighted by atomic mass is 16.2. The van der Waals surface area contributed by atoms with Gasteiger partial charge >= 0.3 is 0 Å². The Hall–Kier alpha value is -2.49. The Morgan fingerprint density at radius 3 is 2.59 bits per heavy atom. The lowest BCUT2D eigenvalue weighted by atomic mass is 9.94. The average Bonchev–Trinajstić information content (AvgIpc) is 2.57. The summed E-state index contributed by atoms with van der Waals surface area (Å²) in [5.41, 5.74) is 2.76. The van der Waals surface area contributed by atoms with E-state index in [0.29, 0.717) is 11.3 Å². The molecule has 0 spiro atoms. The van der Waals surface area contributed by atoms with Gasteiger partial charge in [-0.15, -0.1) is 0 Å². The Kier molecular flexibility index (Phi) is 3.03. The normalized spacial score (nSPS) is 18.4. The molecule has 4 nitrogen and oxygen atoms in total. The Bertz CT molecular complexity index is 817. The summed E-state index contributed by atoms with van der Waals surface area (Å²) in [6.07, 6.45) is 4.91. The molecule has 4 rings (SSSR count). The third kappa shape index (κ3) is 2.03. The number of piperidine rings is 1. The largest absolute Gasteiger partial charge is 0.370 e. The van der Waals surface area contributed by atoms with Gasteiger partial charge in [-0.05, 0) is 31.4 Å². The minimum Gasteiger partial charge on any atom is -0.370 e. The Balaban J connectivity index is 1.91. The van der Waals surface area contributed by atoms with Gasteiger partial charge < -0.3 is 4.90 Å². The Labute approximate surface area is 128 Å². The molecule has 4 heteroatoms. The number of Topliss-reactive ketones (excluding diaryl/α,β-unsaturated/α-hetero) is 1. The third-order valence-corrected chi connectivity index (χ3v) is 4.40. The van der Waals surface area contributed by atoms with Crippen LogP contribution in [0.2, 0.25) is 0 Å². The minimum absolute atomic E-state index is 0.437. The number of nitrogens with zero attached hydrogens (tertiary/aromatic N) is 2. The van der Waals surface area contributed by atoms with Crippen LogP contribution in [-0.2, 0) is 4.79 Å². The van der Waals surface area contributed by atoms with Gasteiger partial charge in [-0.2, -0.15) is 0 Å². The van der Waals surface area contributed by atoms with Crippen molar-refractivity contribution in [3.8, 4) is 0 Å². The number of pyridine rings is 1. The maximum atomic E-state index is 12.2. The molecule has 22 heavy (non-hydrogen) atoms. The van der Waals surface area contributed by atoms with Gasteiger partial charge in [0, 0.05) is 24.6 Å². The predicted molar refractivity (Wildman–Crippen MR) is 84.5 cm³/mol. The third-order valence-electron chi connectivity index (χ3n) is 4.40. The lowest BCUT2D eigenvalue weighted by Gasteiger charge is -2.32. The number of ketones is 2. The molecule has 110 valence electrons. The van der Waals surface area contributed by atoms with Crippen molar-refractivity contribution in [2.24, 2.45) is 0 Å². The molecule has 2 aliphatic rings.